The highest BCUT2D eigenvalue weighted by Crippen LogP contribution is 2.16. The zero-order valence-corrected chi connectivity index (χ0v) is 9.49. The Kier molecular flexibility index (Phi) is 3.36. The molecule has 0 saturated carbocycles. The highest BCUT2D eigenvalue weighted by molar-refractivity contribution is 8.02. The van der Waals surface area contributed by atoms with Crippen molar-refractivity contribution in [1.82, 2.24) is 14.8 Å². The third kappa shape index (κ3) is 2.70. The van der Waals surface area contributed by atoms with E-state index in [-0.39, 0.29) is 5.82 Å². The standard InChI is InChI=1S/C11H10FN3S/c1-15-8-13-14-11(15)16-7-6-9-2-4-10(12)5-3-9/h2-8H,1H3/b7-6+. The fourth-order valence-corrected chi connectivity index (χ4v) is 1.78. The molecule has 2 rings (SSSR count). The van der Waals surface area contributed by atoms with E-state index in [0.29, 0.717) is 0 Å². The van der Waals surface area contributed by atoms with E-state index in [1.54, 1.807) is 18.5 Å². The van der Waals surface area contributed by atoms with Crippen LogP contribution in [0.15, 0.2) is 41.2 Å². The van der Waals surface area contributed by atoms with Crippen molar-refractivity contribution in [3.63, 3.8) is 0 Å². The second-order valence-corrected chi connectivity index (χ2v) is 4.07. The SMILES string of the molecule is Cn1cnnc1S/C=C/c1ccc(F)cc1. The Balaban J connectivity index is 2.00. The summed E-state index contributed by atoms with van der Waals surface area (Å²) in [6.45, 7) is 0. The van der Waals surface area contributed by atoms with Crippen LogP contribution in [-0.2, 0) is 7.05 Å². The second kappa shape index (κ2) is 4.94. The van der Waals surface area contributed by atoms with Gasteiger partial charge in [-0.05, 0) is 29.2 Å². The summed E-state index contributed by atoms with van der Waals surface area (Å²) in [5.41, 5.74) is 0.955. The molecule has 0 aliphatic carbocycles. The molecule has 0 fully saturated rings. The molecular weight excluding hydrogens is 225 g/mol. The van der Waals surface area contributed by atoms with Gasteiger partial charge in [0.2, 0.25) is 0 Å². The van der Waals surface area contributed by atoms with Crippen LogP contribution in [0.4, 0.5) is 4.39 Å². The highest BCUT2D eigenvalue weighted by atomic mass is 32.2. The van der Waals surface area contributed by atoms with Gasteiger partial charge in [-0.25, -0.2) is 4.39 Å². The Bertz CT molecular complexity index is 490. The Morgan fingerprint density at radius 3 is 2.69 bits per heavy atom. The van der Waals surface area contributed by atoms with Crippen molar-refractivity contribution >= 4 is 17.8 Å². The maximum atomic E-state index is 12.6. The molecule has 0 N–H and O–H groups in total. The van der Waals surface area contributed by atoms with Crippen LogP contribution in [0.1, 0.15) is 5.56 Å². The van der Waals surface area contributed by atoms with Gasteiger partial charge in [0.1, 0.15) is 12.1 Å². The summed E-state index contributed by atoms with van der Waals surface area (Å²) in [6.07, 6.45) is 3.55. The normalized spacial score (nSPS) is 11.1. The van der Waals surface area contributed by atoms with Gasteiger partial charge < -0.3 is 4.57 Å². The first kappa shape index (κ1) is 10.9. The molecule has 0 bridgehead atoms. The molecular formula is C11H10FN3S. The summed E-state index contributed by atoms with van der Waals surface area (Å²) in [5, 5.41) is 10.4. The summed E-state index contributed by atoms with van der Waals surface area (Å²) in [4.78, 5) is 0. The highest BCUT2D eigenvalue weighted by Gasteiger charge is 1.97. The predicted octanol–water partition coefficient (Wildman–Crippen LogP) is 2.72. The molecule has 3 nitrogen and oxygen atoms in total. The first-order valence-electron chi connectivity index (χ1n) is 4.68. The Morgan fingerprint density at radius 1 is 1.31 bits per heavy atom. The van der Waals surface area contributed by atoms with E-state index in [1.165, 1.54) is 23.9 Å². The van der Waals surface area contributed by atoms with Crippen molar-refractivity contribution in [3.05, 3.63) is 47.4 Å². The molecule has 0 unspecified atom stereocenters. The quantitative estimate of drug-likeness (QED) is 0.766. The second-order valence-electron chi connectivity index (χ2n) is 3.20. The Hall–Kier alpha value is -1.62. The fourth-order valence-electron chi connectivity index (χ4n) is 1.13. The van der Waals surface area contributed by atoms with E-state index in [2.05, 4.69) is 10.2 Å². The number of thioether (sulfide) groups is 1. The number of hydrogen-bond donors (Lipinski definition) is 0. The Morgan fingerprint density at radius 2 is 2.06 bits per heavy atom. The topological polar surface area (TPSA) is 30.7 Å². The van der Waals surface area contributed by atoms with Crippen LogP contribution in [-0.4, -0.2) is 14.8 Å². The van der Waals surface area contributed by atoms with Crippen LogP contribution >= 0.6 is 11.8 Å². The van der Waals surface area contributed by atoms with Crippen molar-refractivity contribution in [1.29, 1.82) is 0 Å². The van der Waals surface area contributed by atoms with Crippen LogP contribution in [0.5, 0.6) is 0 Å². The fraction of sp³-hybridized carbons (Fsp3) is 0.0909. The minimum absolute atomic E-state index is 0.224. The number of aryl methyl sites for hydroxylation is 1. The van der Waals surface area contributed by atoms with E-state index < -0.39 is 0 Å². The third-order valence-electron chi connectivity index (χ3n) is 1.97. The van der Waals surface area contributed by atoms with Gasteiger partial charge >= 0.3 is 0 Å². The zero-order chi connectivity index (χ0) is 11.4. The van der Waals surface area contributed by atoms with Crippen LogP contribution in [0.3, 0.4) is 0 Å². The lowest BCUT2D eigenvalue weighted by Gasteiger charge is -1.94. The number of rotatable bonds is 3. The molecule has 16 heavy (non-hydrogen) atoms. The predicted molar refractivity (Wildman–Crippen MR) is 62.3 cm³/mol. The Labute approximate surface area is 97.0 Å². The van der Waals surface area contributed by atoms with Gasteiger partial charge in [-0.2, -0.15) is 0 Å². The lowest BCUT2D eigenvalue weighted by molar-refractivity contribution is 0.628. The largest absolute Gasteiger partial charge is 0.312 e. The van der Waals surface area contributed by atoms with E-state index >= 15 is 0 Å². The third-order valence-corrected chi connectivity index (χ3v) is 2.83. The minimum atomic E-state index is -0.224. The summed E-state index contributed by atoms with van der Waals surface area (Å²) >= 11 is 1.47. The number of halogens is 1. The number of aromatic nitrogens is 3. The average Bonchev–Trinajstić information content (AvgIpc) is 2.68. The molecule has 1 aromatic heterocycles. The minimum Gasteiger partial charge on any atom is -0.312 e. The lowest BCUT2D eigenvalue weighted by Crippen LogP contribution is -1.86. The molecule has 0 saturated heterocycles. The van der Waals surface area contributed by atoms with Gasteiger partial charge in [-0.15, -0.1) is 10.2 Å². The van der Waals surface area contributed by atoms with E-state index in [4.69, 9.17) is 0 Å². The van der Waals surface area contributed by atoms with Gasteiger partial charge in [0.15, 0.2) is 5.16 Å². The van der Waals surface area contributed by atoms with Gasteiger partial charge in [0.05, 0.1) is 0 Å². The molecule has 1 aromatic carbocycles. The molecule has 2 aromatic rings. The van der Waals surface area contributed by atoms with E-state index in [0.717, 1.165) is 10.7 Å². The summed E-state index contributed by atoms with van der Waals surface area (Å²) in [5.74, 6) is -0.224. The van der Waals surface area contributed by atoms with Crippen molar-refractivity contribution < 1.29 is 4.39 Å². The molecule has 0 aliphatic heterocycles. The average molecular weight is 235 g/mol. The van der Waals surface area contributed by atoms with Crippen LogP contribution in [0.25, 0.3) is 6.08 Å². The summed E-state index contributed by atoms with van der Waals surface area (Å²) in [6, 6.07) is 6.32. The molecule has 5 heteroatoms. The molecule has 82 valence electrons. The number of benzene rings is 1. The van der Waals surface area contributed by atoms with E-state index in [1.807, 2.05) is 23.1 Å². The monoisotopic (exact) mass is 235 g/mol. The summed E-state index contributed by atoms with van der Waals surface area (Å²) in [7, 11) is 1.88. The number of nitrogens with zero attached hydrogens (tertiary/aromatic N) is 3. The maximum absolute atomic E-state index is 12.6. The van der Waals surface area contributed by atoms with Crippen LogP contribution in [0.2, 0.25) is 0 Å². The molecule has 0 radical (unpaired) electrons. The zero-order valence-electron chi connectivity index (χ0n) is 8.67. The van der Waals surface area contributed by atoms with Crippen LogP contribution in [0, 0.1) is 5.82 Å². The lowest BCUT2D eigenvalue weighted by atomic mass is 10.2. The van der Waals surface area contributed by atoms with Gasteiger partial charge in [0, 0.05) is 7.05 Å². The summed E-state index contributed by atoms with van der Waals surface area (Å²) < 4.78 is 14.5. The molecule has 0 spiro atoms. The van der Waals surface area contributed by atoms with E-state index in [9.17, 15) is 4.39 Å². The van der Waals surface area contributed by atoms with Gasteiger partial charge in [-0.1, -0.05) is 23.9 Å². The van der Waals surface area contributed by atoms with Crippen molar-refractivity contribution in [2.75, 3.05) is 0 Å². The van der Waals surface area contributed by atoms with Crippen molar-refractivity contribution in [2.45, 2.75) is 5.16 Å². The van der Waals surface area contributed by atoms with Crippen LogP contribution < -0.4 is 0 Å². The smallest absolute Gasteiger partial charge is 0.194 e. The molecule has 0 amide bonds. The van der Waals surface area contributed by atoms with Gasteiger partial charge in [0.25, 0.3) is 0 Å². The first-order chi connectivity index (χ1) is 7.75. The number of hydrogen-bond acceptors (Lipinski definition) is 3. The van der Waals surface area contributed by atoms with Gasteiger partial charge in [-0.3, -0.25) is 0 Å². The molecule has 0 atom stereocenters. The first-order valence-corrected chi connectivity index (χ1v) is 5.56. The molecule has 0 aliphatic rings. The molecule has 1 heterocycles. The maximum Gasteiger partial charge on any atom is 0.194 e. The van der Waals surface area contributed by atoms with Crippen molar-refractivity contribution in [3.8, 4) is 0 Å². The van der Waals surface area contributed by atoms with Crippen molar-refractivity contribution in [2.24, 2.45) is 7.05 Å².